The zero-order valence-electron chi connectivity index (χ0n) is 16.2. The molecule has 0 saturated heterocycles. The van der Waals surface area contributed by atoms with Crippen LogP contribution in [-0.2, 0) is 17.7 Å². The number of fused-ring (bicyclic) bond motifs is 2. The van der Waals surface area contributed by atoms with Crippen molar-refractivity contribution in [2.45, 2.75) is 19.9 Å². The van der Waals surface area contributed by atoms with E-state index in [2.05, 4.69) is 15.9 Å². The number of para-hydroxylation sites is 1. The molecule has 2 aromatic carbocycles. The Hall–Kier alpha value is -3.19. The van der Waals surface area contributed by atoms with E-state index in [-0.39, 0.29) is 35.2 Å². The Morgan fingerprint density at radius 2 is 1.80 bits per heavy atom. The zero-order chi connectivity index (χ0) is 21.3. The molecule has 6 nitrogen and oxygen atoms in total. The van der Waals surface area contributed by atoms with Gasteiger partial charge in [-0.05, 0) is 43.2 Å². The maximum atomic E-state index is 13.1. The van der Waals surface area contributed by atoms with Gasteiger partial charge < -0.3 is 9.15 Å². The van der Waals surface area contributed by atoms with E-state index in [0.717, 1.165) is 10.0 Å². The molecule has 0 radical (unpaired) electrons. The summed E-state index contributed by atoms with van der Waals surface area (Å²) >= 11 is 3.51. The number of carbonyl (C=O) groups excluding carboxylic acids is 1. The van der Waals surface area contributed by atoms with Gasteiger partial charge in [-0.25, -0.2) is 4.79 Å². The molecule has 4 rings (SSSR count). The predicted molar refractivity (Wildman–Crippen MR) is 118 cm³/mol. The number of esters is 1. The second-order valence-corrected chi connectivity index (χ2v) is 7.58. The Balaban J connectivity index is 1.96. The summed E-state index contributed by atoms with van der Waals surface area (Å²) in [5, 5.41) is 0.555. The Labute approximate surface area is 179 Å². The van der Waals surface area contributed by atoms with Crippen LogP contribution in [0.2, 0.25) is 0 Å². The molecule has 0 bridgehead atoms. The minimum absolute atomic E-state index is 0.125. The molecule has 0 atom stereocenters. The van der Waals surface area contributed by atoms with Crippen molar-refractivity contribution in [3.05, 3.63) is 90.8 Å². The van der Waals surface area contributed by atoms with Crippen molar-refractivity contribution < 1.29 is 13.9 Å². The van der Waals surface area contributed by atoms with Crippen LogP contribution in [0.5, 0.6) is 0 Å². The zero-order valence-corrected chi connectivity index (χ0v) is 17.8. The number of carbonyl (C=O) groups is 1. The number of hydrogen-bond donors (Lipinski definition) is 0. The summed E-state index contributed by atoms with van der Waals surface area (Å²) in [4.78, 5) is 38.6. The van der Waals surface area contributed by atoms with Crippen molar-refractivity contribution in [2.24, 2.45) is 0 Å². The molecular formula is C23H18BrNO5. The third-order valence-electron chi connectivity index (χ3n) is 4.88. The van der Waals surface area contributed by atoms with Gasteiger partial charge >= 0.3 is 5.97 Å². The Kier molecular flexibility index (Phi) is 5.55. The number of hydrogen-bond acceptors (Lipinski definition) is 5. The first-order chi connectivity index (χ1) is 14.5. The van der Waals surface area contributed by atoms with Crippen molar-refractivity contribution in [1.82, 2.24) is 4.57 Å². The summed E-state index contributed by atoms with van der Waals surface area (Å²) in [6, 6.07) is 15.8. The smallest absolute Gasteiger partial charge is 0.343 e. The highest BCUT2D eigenvalue weighted by Gasteiger charge is 2.21. The lowest BCUT2D eigenvalue weighted by molar-refractivity contribution is 0.0524. The Morgan fingerprint density at radius 1 is 1.07 bits per heavy atom. The average Bonchev–Trinajstić information content (AvgIpc) is 2.74. The molecule has 2 aromatic heterocycles. The van der Waals surface area contributed by atoms with Gasteiger partial charge in [0.1, 0.15) is 11.1 Å². The summed E-state index contributed by atoms with van der Waals surface area (Å²) in [7, 11) is 0. The van der Waals surface area contributed by atoms with Crippen LogP contribution in [-0.4, -0.2) is 17.1 Å². The minimum atomic E-state index is -0.758. The molecule has 2 heterocycles. The molecular weight excluding hydrogens is 450 g/mol. The van der Waals surface area contributed by atoms with Gasteiger partial charge in [-0.1, -0.05) is 46.3 Å². The van der Waals surface area contributed by atoms with Gasteiger partial charge in [-0.15, -0.1) is 0 Å². The van der Waals surface area contributed by atoms with Crippen LogP contribution < -0.4 is 11.0 Å². The van der Waals surface area contributed by atoms with Gasteiger partial charge in [0.2, 0.25) is 11.1 Å². The van der Waals surface area contributed by atoms with Gasteiger partial charge in [0, 0.05) is 11.0 Å². The number of aromatic nitrogens is 1. The lowest BCUT2D eigenvalue weighted by atomic mass is 10.1. The number of benzene rings is 2. The lowest BCUT2D eigenvalue weighted by Gasteiger charge is -2.13. The van der Waals surface area contributed by atoms with Crippen LogP contribution in [0.25, 0.3) is 22.1 Å². The van der Waals surface area contributed by atoms with Crippen LogP contribution >= 0.6 is 15.9 Å². The third kappa shape index (κ3) is 3.57. The molecule has 0 aliphatic carbocycles. The Bertz CT molecular complexity index is 1390. The van der Waals surface area contributed by atoms with Crippen LogP contribution in [0.1, 0.15) is 22.8 Å². The molecule has 0 amide bonds. The number of pyridine rings is 1. The minimum Gasteiger partial charge on any atom is -0.462 e. The molecule has 0 fully saturated rings. The van der Waals surface area contributed by atoms with E-state index >= 15 is 0 Å². The lowest BCUT2D eigenvalue weighted by Crippen LogP contribution is -2.29. The van der Waals surface area contributed by atoms with E-state index in [4.69, 9.17) is 9.15 Å². The average molecular weight is 468 g/mol. The van der Waals surface area contributed by atoms with Crippen molar-refractivity contribution in [3.63, 3.8) is 0 Å². The van der Waals surface area contributed by atoms with Crippen LogP contribution in [0.3, 0.4) is 0 Å². The number of aryl methyl sites for hydroxylation is 2. The number of rotatable bonds is 5. The largest absolute Gasteiger partial charge is 0.462 e. The van der Waals surface area contributed by atoms with Gasteiger partial charge in [0.25, 0.3) is 5.56 Å². The monoisotopic (exact) mass is 467 g/mol. The quantitative estimate of drug-likeness (QED) is 0.323. The molecule has 0 aliphatic rings. The highest BCUT2D eigenvalue weighted by atomic mass is 79.9. The summed E-state index contributed by atoms with van der Waals surface area (Å²) in [5.41, 5.74) is 0.483. The van der Waals surface area contributed by atoms with E-state index in [0.29, 0.717) is 17.4 Å². The second kappa shape index (κ2) is 8.28. The molecule has 0 spiro atoms. The predicted octanol–water partition coefficient (Wildman–Crippen LogP) is 4.29. The fourth-order valence-corrected chi connectivity index (χ4v) is 3.89. The Morgan fingerprint density at radius 3 is 2.57 bits per heavy atom. The van der Waals surface area contributed by atoms with Crippen LogP contribution in [0.15, 0.2) is 73.1 Å². The summed E-state index contributed by atoms with van der Waals surface area (Å²) < 4.78 is 13.2. The van der Waals surface area contributed by atoms with Crippen molar-refractivity contribution in [1.29, 1.82) is 0 Å². The number of nitrogens with zero attached hydrogens (tertiary/aromatic N) is 1. The number of ether oxygens (including phenoxy) is 1. The molecule has 0 aliphatic heterocycles. The van der Waals surface area contributed by atoms with E-state index < -0.39 is 11.5 Å². The first kappa shape index (κ1) is 20.1. The molecule has 30 heavy (non-hydrogen) atoms. The fraction of sp³-hybridized carbons (Fsp3) is 0.174. The topological polar surface area (TPSA) is 78.5 Å². The normalized spacial score (nSPS) is 11.1. The highest BCUT2D eigenvalue weighted by molar-refractivity contribution is 9.10. The van der Waals surface area contributed by atoms with Gasteiger partial charge in [-0.3, -0.25) is 14.2 Å². The summed E-state index contributed by atoms with van der Waals surface area (Å²) in [6.07, 6.45) is 0.499. The van der Waals surface area contributed by atoms with E-state index in [1.54, 1.807) is 31.2 Å². The first-order valence-corrected chi connectivity index (χ1v) is 10.3. The molecule has 0 saturated carbocycles. The fourth-order valence-electron chi connectivity index (χ4n) is 3.41. The van der Waals surface area contributed by atoms with Crippen molar-refractivity contribution in [2.75, 3.05) is 6.61 Å². The highest BCUT2D eigenvalue weighted by Crippen LogP contribution is 2.21. The van der Waals surface area contributed by atoms with E-state index in [9.17, 15) is 14.4 Å². The molecule has 152 valence electrons. The van der Waals surface area contributed by atoms with E-state index in [1.165, 1.54) is 10.6 Å². The van der Waals surface area contributed by atoms with E-state index in [1.807, 2.05) is 24.3 Å². The maximum absolute atomic E-state index is 13.1. The summed E-state index contributed by atoms with van der Waals surface area (Å²) in [5.74, 6) is -0.758. The van der Waals surface area contributed by atoms with Gasteiger partial charge in [-0.2, -0.15) is 0 Å². The SMILES string of the molecule is CCOC(=O)c1cc2c(=O)c3ccccc3oc2n(CCc2ccccc2Br)c1=O. The number of halogens is 1. The van der Waals surface area contributed by atoms with Crippen LogP contribution in [0, 0.1) is 0 Å². The molecule has 7 heteroatoms. The first-order valence-electron chi connectivity index (χ1n) is 9.51. The van der Waals surface area contributed by atoms with Crippen molar-refractivity contribution in [3.8, 4) is 0 Å². The second-order valence-electron chi connectivity index (χ2n) is 6.72. The molecule has 0 N–H and O–H groups in total. The van der Waals surface area contributed by atoms with Crippen LogP contribution in [0.4, 0.5) is 0 Å². The maximum Gasteiger partial charge on any atom is 0.343 e. The van der Waals surface area contributed by atoms with Gasteiger partial charge in [0.15, 0.2) is 0 Å². The summed E-state index contributed by atoms with van der Waals surface area (Å²) in [6.45, 7) is 2.01. The third-order valence-corrected chi connectivity index (χ3v) is 5.65. The standard InChI is InChI=1S/C23H18BrNO5/c1-2-29-23(28)17-13-16-20(26)15-8-4-6-10-19(15)30-22(16)25(21(17)27)12-11-14-7-3-5-9-18(14)24/h3-10,13H,2,11-12H2,1H3. The van der Waals surface area contributed by atoms with Gasteiger partial charge in [0.05, 0.1) is 17.4 Å². The van der Waals surface area contributed by atoms with Crippen molar-refractivity contribution >= 4 is 44.0 Å². The molecule has 4 aromatic rings. The molecule has 0 unspecified atom stereocenters.